The lowest BCUT2D eigenvalue weighted by atomic mass is 10.1. The van der Waals surface area contributed by atoms with Crippen molar-refractivity contribution in [1.82, 2.24) is 24.9 Å². The van der Waals surface area contributed by atoms with Crippen molar-refractivity contribution >= 4 is 39.4 Å². The van der Waals surface area contributed by atoms with Gasteiger partial charge in [-0.2, -0.15) is 0 Å². The molecule has 1 aliphatic rings. The third kappa shape index (κ3) is 2.49. The summed E-state index contributed by atoms with van der Waals surface area (Å²) < 4.78 is 0. The van der Waals surface area contributed by atoms with E-state index in [0.29, 0.717) is 22.6 Å². The van der Waals surface area contributed by atoms with E-state index in [-0.39, 0.29) is 5.56 Å². The van der Waals surface area contributed by atoms with E-state index >= 15 is 0 Å². The smallest absolute Gasteiger partial charge is 0.259 e. The Hall–Kier alpha value is -2.93. The van der Waals surface area contributed by atoms with Crippen LogP contribution in [0.25, 0.3) is 33.3 Å². The number of fused-ring (bicyclic) bond motifs is 2. The number of pyridine rings is 3. The predicted octanol–water partition coefficient (Wildman–Crippen LogP) is 3.42. The van der Waals surface area contributed by atoms with Crippen molar-refractivity contribution in [2.75, 3.05) is 11.4 Å². The van der Waals surface area contributed by atoms with Crippen LogP contribution in [0.4, 0.5) is 5.82 Å². The minimum atomic E-state index is -0.204. The van der Waals surface area contributed by atoms with Crippen LogP contribution in [0.1, 0.15) is 19.0 Å². The summed E-state index contributed by atoms with van der Waals surface area (Å²) in [5, 5.41) is 1.29. The van der Waals surface area contributed by atoms with Gasteiger partial charge in [0.1, 0.15) is 16.5 Å². The number of H-pyrrole nitrogens is 2. The van der Waals surface area contributed by atoms with Gasteiger partial charge in [-0.1, -0.05) is 11.6 Å². The SMILES string of the molecule is Cc1nccc2[nH]c(=O)c(-c3nc4c(N5CC[C@H]5C)nc(Cl)cc4[nH]3)cc12. The number of hydrogen-bond donors (Lipinski definition) is 2. The summed E-state index contributed by atoms with van der Waals surface area (Å²) in [5.41, 5.74) is 3.36. The number of aryl methyl sites for hydroxylation is 1. The van der Waals surface area contributed by atoms with Gasteiger partial charge in [-0.05, 0) is 32.4 Å². The van der Waals surface area contributed by atoms with Crippen LogP contribution < -0.4 is 10.5 Å². The summed E-state index contributed by atoms with van der Waals surface area (Å²) in [5.74, 6) is 1.25. The average molecular weight is 381 g/mol. The van der Waals surface area contributed by atoms with E-state index < -0.39 is 0 Å². The molecule has 1 atom stereocenters. The van der Waals surface area contributed by atoms with E-state index in [1.54, 1.807) is 18.3 Å². The molecule has 0 spiro atoms. The fourth-order valence-electron chi connectivity index (χ4n) is 3.57. The molecule has 1 saturated heterocycles. The second-order valence-electron chi connectivity index (χ2n) is 6.95. The molecule has 4 aromatic rings. The first-order valence-electron chi connectivity index (χ1n) is 8.83. The molecule has 5 rings (SSSR count). The second-order valence-corrected chi connectivity index (χ2v) is 7.34. The van der Waals surface area contributed by atoms with Gasteiger partial charge < -0.3 is 14.9 Å². The fourth-order valence-corrected chi connectivity index (χ4v) is 3.76. The monoisotopic (exact) mass is 380 g/mol. The molecule has 0 saturated carbocycles. The molecular formula is C19H17ClN6O. The lowest BCUT2D eigenvalue weighted by molar-refractivity contribution is 0.478. The van der Waals surface area contributed by atoms with Crippen LogP contribution in [0.2, 0.25) is 5.15 Å². The lowest BCUT2D eigenvalue weighted by Gasteiger charge is -2.39. The molecule has 1 fully saturated rings. The minimum absolute atomic E-state index is 0.204. The van der Waals surface area contributed by atoms with Crippen LogP contribution in [0.15, 0.2) is 29.2 Å². The largest absolute Gasteiger partial charge is 0.352 e. The summed E-state index contributed by atoms with van der Waals surface area (Å²) in [7, 11) is 0. The number of anilines is 1. The molecular weight excluding hydrogens is 364 g/mol. The Balaban J connectivity index is 1.73. The molecule has 2 N–H and O–H groups in total. The van der Waals surface area contributed by atoms with Crippen LogP contribution in [-0.4, -0.2) is 37.5 Å². The van der Waals surface area contributed by atoms with Crippen LogP contribution in [-0.2, 0) is 0 Å². The molecule has 136 valence electrons. The molecule has 0 unspecified atom stereocenters. The molecule has 0 bridgehead atoms. The number of imidazole rings is 1. The van der Waals surface area contributed by atoms with Gasteiger partial charge in [0, 0.05) is 35.9 Å². The highest BCUT2D eigenvalue weighted by atomic mass is 35.5. The summed E-state index contributed by atoms with van der Waals surface area (Å²) in [4.78, 5) is 34.4. The molecule has 5 heterocycles. The van der Waals surface area contributed by atoms with Crippen molar-refractivity contribution < 1.29 is 0 Å². The van der Waals surface area contributed by atoms with E-state index in [0.717, 1.165) is 46.4 Å². The Morgan fingerprint density at radius 1 is 1.22 bits per heavy atom. The van der Waals surface area contributed by atoms with Gasteiger partial charge >= 0.3 is 0 Å². The van der Waals surface area contributed by atoms with Crippen molar-refractivity contribution in [2.24, 2.45) is 0 Å². The molecule has 7 nitrogen and oxygen atoms in total. The summed E-state index contributed by atoms with van der Waals surface area (Å²) in [6, 6.07) is 5.76. The Kier molecular flexibility index (Phi) is 3.48. The molecule has 0 amide bonds. The van der Waals surface area contributed by atoms with Gasteiger partial charge in [0.25, 0.3) is 5.56 Å². The molecule has 0 aromatic carbocycles. The lowest BCUT2D eigenvalue weighted by Crippen LogP contribution is -2.46. The van der Waals surface area contributed by atoms with Crippen LogP contribution in [0, 0.1) is 6.92 Å². The Bertz CT molecular complexity index is 1260. The number of rotatable bonds is 2. The Labute approximate surface area is 159 Å². The van der Waals surface area contributed by atoms with Gasteiger partial charge in [-0.3, -0.25) is 9.78 Å². The molecule has 1 aliphatic heterocycles. The third-order valence-electron chi connectivity index (χ3n) is 5.24. The quantitative estimate of drug-likeness (QED) is 0.520. The van der Waals surface area contributed by atoms with E-state index in [9.17, 15) is 4.79 Å². The first-order valence-corrected chi connectivity index (χ1v) is 9.21. The van der Waals surface area contributed by atoms with E-state index in [4.69, 9.17) is 16.6 Å². The number of nitrogens with zero attached hydrogens (tertiary/aromatic N) is 4. The number of nitrogens with one attached hydrogen (secondary N) is 2. The summed E-state index contributed by atoms with van der Waals surface area (Å²) in [6.07, 6.45) is 2.80. The maximum atomic E-state index is 12.6. The zero-order valence-corrected chi connectivity index (χ0v) is 15.6. The minimum Gasteiger partial charge on any atom is -0.352 e. The zero-order chi connectivity index (χ0) is 18.7. The van der Waals surface area contributed by atoms with Crippen LogP contribution in [0.5, 0.6) is 0 Å². The number of halogens is 1. The highest BCUT2D eigenvalue weighted by molar-refractivity contribution is 6.30. The second kappa shape index (κ2) is 5.79. The van der Waals surface area contributed by atoms with Gasteiger partial charge in [0.15, 0.2) is 5.82 Å². The fraction of sp³-hybridized carbons (Fsp3) is 0.263. The standard InChI is InChI=1S/C19H17ClN6O/c1-9-4-6-26(9)18-16-14(8-15(20)24-18)22-17(25-16)12-7-11-10(2)21-5-3-13(11)23-19(12)27/h3,5,7-9H,4,6H2,1-2H3,(H,22,25)(H,23,27)/t9-/m1/s1. The highest BCUT2D eigenvalue weighted by Crippen LogP contribution is 2.33. The normalized spacial score (nSPS) is 16.9. The average Bonchev–Trinajstić information content (AvgIpc) is 3.04. The maximum Gasteiger partial charge on any atom is 0.259 e. The first kappa shape index (κ1) is 16.3. The van der Waals surface area contributed by atoms with Crippen molar-refractivity contribution in [3.63, 3.8) is 0 Å². The number of aromatic nitrogens is 5. The predicted molar refractivity (Wildman–Crippen MR) is 106 cm³/mol. The van der Waals surface area contributed by atoms with Crippen molar-refractivity contribution in [3.8, 4) is 11.4 Å². The van der Waals surface area contributed by atoms with Gasteiger partial charge in [-0.15, -0.1) is 0 Å². The van der Waals surface area contributed by atoms with E-state index in [2.05, 4.69) is 31.8 Å². The van der Waals surface area contributed by atoms with Crippen LogP contribution in [0.3, 0.4) is 0 Å². The zero-order valence-electron chi connectivity index (χ0n) is 14.9. The molecule has 8 heteroatoms. The molecule has 4 aromatic heterocycles. The Morgan fingerprint density at radius 3 is 2.81 bits per heavy atom. The molecule has 0 aliphatic carbocycles. The van der Waals surface area contributed by atoms with Gasteiger partial charge in [0.2, 0.25) is 0 Å². The van der Waals surface area contributed by atoms with Crippen LogP contribution >= 0.6 is 11.6 Å². The number of aromatic amines is 2. The van der Waals surface area contributed by atoms with Crippen molar-refractivity contribution in [3.05, 3.63) is 45.6 Å². The molecule has 0 radical (unpaired) electrons. The van der Waals surface area contributed by atoms with E-state index in [1.807, 2.05) is 13.0 Å². The van der Waals surface area contributed by atoms with Gasteiger partial charge in [0.05, 0.1) is 16.6 Å². The van der Waals surface area contributed by atoms with E-state index in [1.165, 1.54) is 0 Å². The summed E-state index contributed by atoms with van der Waals surface area (Å²) >= 11 is 6.22. The molecule has 27 heavy (non-hydrogen) atoms. The maximum absolute atomic E-state index is 12.6. The van der Waals surface area contributed by atoms with Crippen molar-refractivity contribution in [1.29, 1.82) is 0 Å². The topological polar surface area (TPSA) is 90.6 Å². The summed E-state index contributed by atoms with van der Waals surface area (Å²) in [6.45, 7) is 4.98. The highest BCUT2D eigenvalue weighted by Gasteiger charge is 2.28. The van der Waals surface area contributed by atoms with Gasteiger partial charge in [-0.25, -0.2) is 9.97 Å². The van der Waals surface area contributed by atoms with Crippen molar-refractivity contribution in [2.45, 2.75) is 26.3 Å². The third-order valence-corrected chi connectivity index (χ3v) is 5.43. The Morgan fingerprint density at radius 2 is 2.07 bits per heavy atom. The first-order chi connectivity index (χ1) is 13.0. The number of hydrogen-bond acceptors (Lipinski definition) is 5.